The van der Waals surface area contributed by atoms with E-state index in [4.69, 9.17) is 10.8 Å². The zero-order valence-electron chi connectivity index (χ0n) is 2.94. The van der Waals surface area contributed by atoms with E-state index in [1.54, 1.807) is 0 Å². The van der Waals surface area contributed by atoms with Gasteiger partial charge in [-0.1, -0.05) is 0 Å². The SMILES string of the molecule is NCCO.[Zr]. The minimum absolute atomic E-state index is 0. The third-order valence-electron chi connectivity index (χ3n) is 0.129. The molecule has 0 saturated carbocycles. The van der Waals surface area contributed by atoms with Gasteiger partial charge in [-0.15, -0.1) is 0 Å². The maximum Gasteiger partial charge on any atom is 0.0553 e. The molecule has 30 valence electrons. The van der Waals surface area contributed by atoms with Gasteiger partial charge in [0.1, 0.15) is 0 Å². The summed E-state index contributed by atoms with van der Waals surface area (Å²) in [6.07, 6.45) is 0. The summed E-state index contributed by atoms with van der Waals surface area (Å²) in [5.74, 6) is 0. The number of aliphatic hydroxyl groups is 1. The van der Waals surface area contributed by atoms with Gasteiger partial charge in [-0.3, -0.25) is 0 Å². The summed E-state index contributed by atoms with van der Waals surface area (Å²) in [4.78, 5) is 0. The third kappa shape index (κ3) is 11.6. The van der Waals surface area contributed by atoms with E-state index in [2.05, 4.69) is 0 Å². The molecule has 0 amide bonds. The van der Waals surface area contributed by atoms with Crippen molar-refractivity contribution in [3.8, 4) is 0 Å². The van der Waals surface area contributed by atoms with Crippen LogP contribution >= 0.6 is 0 Å². The van der Waals surface area contributed by atoms with Gasteiger partial charge in [0.15, 0.2) is 0 Å². The molecule has 0 aliphatic rings. The van der Waals surface area contributed by atoms with E-state index >= 15 is 0 Å². The van der Waals surface area contributed by atoms with Gasteiger partial charge in [-0.05, 0) is 0 Å². The van der Waals surface area contributed by atoms with E-state index in [1.807, 2.05) is 0 Å². The van der Waals surface area contributed by atoms with Crippen molar-refractivity contribution >= 4 is 0 Å². The minimum Gasteiger partial charge on any atom is -0.395 e. The van der Waals surface area contributed by atoms with Gasteiger partial charge in [0.2, 0.25) is 0 Å². The number of hydrogen-bond acceptors (Lipinski definition) is 2. The van der Waals surface area contributed by atoms with Crippen LogP contribution in [0.25, 0.3) is 0 Å². The third-order valence-corrected chi connectivity index (χ3v) is 0.129. The first kappa shape index (κ1) is 9.26. The largest absolute Gasteiger partial charge is 0.395 e. The molecule has 0 unspecified atom stereocenters. The van der Waals surface area contributed by atoms with E-state index in [-0.39, 0.29) is 32.8 Å². The predicted octanol–water partition coefficient (Wildman–Crippen LogP) is -1.07. The Labute approximate surface area is 50.5 Å². The molecule has 5 heavy (non-hydrogen) atoms. The average Bonchev–Trinajstić information content (AvgIpc) is 1.37. The van der Waals surface area contributed by atoms with Crippen LogP contribution in [0.3, 0.4) is 0 Å². The van der Waals surface area contributed by atoms with Crippen LogP contribution in [-0.2, 0) is 26.2 Å². The van der Waals surface area contributed by atoms with Gasteiger partial charge in [0.05, 0.1) is 6.61 Å². The van der Waals surface area contributed by atoms with Crippen LogP contribution in [0.1, 0.15) is 0 Å². The first-order chi connectivity index (χ1) is 1.91. The Hall–Kier alpha value is 0.803. The summed E-state index contributed by atoms with van der Waals surface area (Å²) in [5, 5.41) is 7.75. The Morgan fingerprint density at radius 1 is 1.60 bits per heavy atom. The Balaban J connectivity index is 0. The van der Waals surface area contributed by atoms with Crippen molar-refractivity contribution in [1.29, 1.82) is 0 Å². The van der Waals surface area contributed by atoms with Crippen LogP contribution in [-0.4, -0.2) is 18.3 Å². The first-order valence-electron chi connectivity index (χ1n) is 1.22. The molecule has 0 spiro atoms. The van der Waals surface area contributed by atoms with E-state index in [0.29, 0.717) is 6.54 Å². The van der Waals surface area contributed by atoms with Crippen LogP contribution in [0, 0.1) is 0 Å². The summed E-state index contributed by atoms with van der Waals surface area (Å²) in [6, 6.07) is 0. The Bertz CT molecular complexity index is 11.6. The molecule has 0 atom stereocenters. The standard InChI is InChI=1S/C2H7NO.Zr/c3-1-2-4;/h4H,1-3H2;. The Kier molecular flexibility index (Phi) is 16.4. The van der Waals surface area contributed by atoms with Crippen molar-refractivity contribution in [2.24, 2.45) is 5.73 Å². The topological polar surface area (TPSA) is 46.2 Å². The van der Waals surface area contributed by atoms with Crippen molar-refractivity contribution in [1.82, 2.24) is 0 Å². The molecule has 0 aromatic rings. The van der Waals surface area contributed by atoms with Crippen LogP contribution < -0.4 is 5.73 Å². The second-order valence-corrected chi connectivity index (χ2v) is 0.512. The molecule has 0 fully saturated rings. The molecule has 0 rings (SSSR count). The minimum atomic E-state index is 0. The van der Waals surface area contributed by atoms with Crippen LogP contribution in [0.2, 0.25) is 0 Å². The number of rotatable bonds is 1. The Morgan fingerprint density at radius 2 is 1.80 bits per heavy atom. The van der Waals surface area contributed by atoms with Gasteiger partial charge in [0.25, 0.3) is 0 Å². The fraction of sp³-hybridized carbons (Fsp3) is 1.00. The van der Waals surface area contributed by atoms with Gasteiger partial charge in [-0.25, -0.2) is 0 Å². The molecule has 0 bridgehead atoms. The number of aliphatic hydroxyl groups excluding tert-OH is 1. The van der Waals surface area contributed by atoms with Crippen LogP contribution in [0.5, 0.6) is 0 Å². The molecule has 0 aromatic heterocycles. The van der Waals surface area contributed by atoms with E-state index in [0.717, 1.165) is 0 Å². The molecule has 3 heteroatoms. The summed E-state index contributed by atoms with van der Waals surface area (Å²) in [7, 11) is 0. The summed E-state index contributed by atoms with van der Waals surface area (Å²) in [5.41, 5.74) is 4.78. The van der Waals surface area contributed by atoms with Gasteiger partial charge in [0, 0.05) is 32.7 Å². The maximum atomic E-state index is 7.75. The molecule has 2 nitrogen and oxygen atoms in total. The van der Waals surface area contributed by atoms with E-state index in [9.17, 15) is 0 Å². The molecular formula is C2H7NOZr. The Morgan fingerprint density at radius 3 is 1.80 bits per heavy atom. The molecule has 0 radical (unpaired) electrons. The first-order valence-corrected chi connectivity index (χ1v) is 1.22. The van der Waals surface area contributed by atoms with Gasteiger partial charge < -0.3 is 10.8 Å². The monoisotopic (exact) mass is 151 g/mol. The zero-order chi connectivity index (χ0) is 3.41. The van der Waals surface area contributed by atoms with Gasteiger partial charge >= 0.3 is 0 Å². The molecule has 0 aromatic carbocycles. The number of nitrogens with two attached hydrogens (primary N) is 1. The molecule has 0 aliphatic carbocycles. The van der Waals surface area contributed by atoms with Crippen LogP contribution in [0.4, 0.5) is 0 Å². The van der Waals surface area contributed by atoms with Crippen molar-refractivity contribution in [2.45, 2.75) is 0 Å². The van der Waals surface area contributed by atoms with Crippen LogP contribution in [0.15, 0.2) is 0 Å². The molecule has 0 aliphatic heterocycles. The summed E-state index contributed by atoms with van der Waals surface area (Å²) < 4.78 is 0. The quantitative estimate of drug-likeness (QED) is 0.503. The normalized spacial score (nSPS) is 6.00. The van der Waals surface area contributed by atoms with E-state index in [1.165, 1.54) is 0 Å². The fourth-order valence-electron chi connectivity index (χ4n) is 0. The summed E-state index contributed by atoms with van der Waals surface area (Å²) >= 11 is 0. The van der Waals surface area contributed by atoms with E-state index < -0.39 is 0 Å². The van der Waals surface area contributed by atoms with Crippen molar-refractivity contribution in [3.63, 3.8) is 0 Å². The zero-order valence-corrected chi connectivity index (χ0v) is 5.40. The van der Waals surface area contributed by atoms with Crippen molar-refractivity contribution in [2.75, 3.05) is 13.2 Å². The molecule has 0 heterocycles. The number of hydrogen-bond donors (Lipinski definition) is 2. The fourth-order valence-corrected chi connectivity index (χ4v) is 0. The predicted molar refractivity (Wildman–Crippen MR) is 16.1 cm³/mol. The van der Waals surface area contributed by atoms with Gasteiger partial charge in [-0.2, -0.15) is 0 Å². The smallest absolute Gasteiger partial charge is 0.0553 e. The molecule has 3 N–H and O–H groups in total. The van der Waals surface area contributed by atoms with Crippen molar-refractivity contribution in [3.05, 3.63) is 0 Å². The molecular weight excluding hydrogens is 145 g/mol. The van der Waals surface area contributed by atoms with Crippen molar-refractivity contribution < 1.29 is 31.3 Å². The molecule has 0 saturated heterocycles. The second kappa shape index (κ2) is 8.84. The average molecular weight is 152 g/mol. The maximum absolute atomic E-state index is 7.75. The second-order valence-electron chi connectivity index (χ2n) is 0.512. The summed E-state index contributed by atoms with van der Waals surface area (Å²) in [6.45, 7) is 0.472.